The van der Waals surface area contributed by atoms with Gasteiger partial charge in [0.05, 0.1) is 16.1 Å². The molecule has 1 aromatic rings. The maximum absolute atomic E-state index is 4.19. The van der Waals surface area contributed by atoms with Crippen molar-refractivity contribution in [2.75, 3.05) is 0 Å². The summed E-state index contributed by atoms with van der Waals surface area (Å²) in [4.78, 5) is 0. The van der Waals surface area contributed by atoms with Gasteiger partial charge in [0.1, 0.15) is 0 Å². The summed E-state index contributed by atoms with van der Waals surface area (Å²) >= 11 is 0. The Bertz CT molecular complexity index is 844. The molecule has 0 aliphatic heterocycles. The second kappa shape index (κ2) is 46.4. The molecular weight excluding hydrogens is 837 g/mol. The van der Waals surface area contributed by atoms with Gasteiger partial charge in [0, 0.05) is 48.4 Å². The fourth-order valence-electron chi connectivity index (χ4n) is 4.04. The van der Waals surface area contributed by atoms with Gasteiger partial charge in [-0.3, -0.25) is 0 Å². The van der Waals surface area contributed by atoms with E-state index in [-0.39, 0.29) is 74.3 Å². The summed E-state index contributed by atoms with van der Waals surface area (Å²) in [5.74, 6) is 0. The highest BCUT2D eigenvalue weighted by molar-refractivity contribution is 6.94. The molecule has 0 saturated carbocycles. The van der Waals surface area contributed by atoms with Crippen molar-refractivity contribution in [3.05, 3.63) is 59.9 Å². The van der Waals surface area contributed by atoms with Gasteiger partial charge < -0.3 is 0 Å². The summed E-state index contributed by atoms with van der Waals surface area (Å²) in [5.41, 5.74) is 8.02. The van der Waals surface area contributed by atoms with Crippen molar-refractivity contribution in [3.8, 4) is 0 Å². The predicted octanol–water partition coefficient (Wildman–Crippen LogP) is 23.5. The molecule has 0 fully saturated rings. The Morgan fingerprint density at radius 1 is 0.322 bits per heavy atom. The molecule has 0 N–H and O–H groups in total. The summed E-state index contributed by atoms with van der Waals surface area (Å²) in [6, 6.07) is 17.5. The Labute approximate surface area is 397 Å². The van der Waals surface area contributed by atoms with Crippen LogP contribution in [-0.2, 0) is 0 Å². The van der Waals surface area contributed by atoms with Crippen LogP contribution in [0.5, 0.6) is 0 Å². The Morgan fingerprint density at radius 3 is 0.542 bits per heavy atom. The van der Waals surface area contributed by atoms with Gasteiger partial charge in [-0.05, 0) is 12.1 Å². The van der Waals surface area contributed by atoms with Gasteiger partial charge in [-0.2, -0.15) is 0 Å². The molecule has 0 nitrogen and oxygen atoms in total. The first-order valence-electron chi connectivity index (χ1n) is 19.5. The Morgan fingerprint density at radius 2 is 0.475 bits per heavy atom. The number of hydrogen-bond acceptors (Lipinski definition) is 0. The highest BCUT2D eigenvalue weighted by Gasteiger charge is 2.23. The minimum Gasteiger partial charge on any atom is -0.103 e. The van der Waals surface area contributed by atoms with Crippen LogP contribution < -0.4 is 0 Å². The number of allylic oxidation sites excluding steroid dienone is 1. The molecule has 0 saturated heterocycles. The van der Waals surface area contributed by atoms with Crippen LogP contribution in [0.15, 0.2) is 59.9 Å². The normalized spacial score (nSPS) is 10.5. The van der Waals surface area contributed by atoms with E-state index in [0.29, 0.717) is 0 Å². The van der Waals surface area contributed by atoms with E-state index in [4.69, 9.17) is 0 Å². The lowest BCUT2D eigenvalue weighted by Gasteiger charge is -2.25. The smallest absolute Gasteiger partial charge is 0.0677 e. The molecule has 0 bridgehead atoms. The number of hydrogen-bond donors (Lipinski definition) is 0. The van der Waals surface area contributed by atoms with E-state index >= 15 is 0 Å². The minimum absolute atomic E-state index is 0. The highest BCUT2D eigenvalue weighted by Crippen LogP contribution is 2.23. The summed E-state index contributed by atoms with van der Waals surface area (Å²) in [6.45, 7) is 66.6. The van der Waals surface area contributed by atoms with Crippen molar-refractivity contribution in [1.29, 1.82) is 0 Å². The second-order valence-electron chi connectivity index (χ2n) is 23.6. The van der Waals surface area contributed by atoms with E-state index in [1.165, 1.54) is 29.7 Å². The molecule has 0 spiro atoms. The van der Waals surface area contributed by atoms with Gasteiger partial charge in [-0.25, -0.2) is 0 Å². The van der Waals surface area contributed by atoms with Crippen molar-refractivity contribution in [2.24, 2.45) is 0 Å². The molecule has 59 heavy (non-hydrogen) atoms. The van der Waals surface area contributed by atoms with Crippen LogP contribution in [0.25, 0.3) is 0 Å². The highest BCUT2D eigenvalue weighted by atomic mass is 28.4. The molecule has 0 unspecified atom stereocenters. The largest absolute Gasteiger partial charge is 0.103 e. The number of rotatable bonds is 10. The lowest BCUT2D eigenvalue weighted by molar-refractivity contribution is 1.28. The van der Waals surface area contributed by atoms with E-state index in [9.17, 15) is 0 Å². The molecule has 1 aromatic carbocycles. The van der Waals surface area contributed by atoms with Crippen LogP contribution in [0.3, 0.4) is 0 Å². The van der Waals surface area contributed by atoms with Crippen molar-refractivity contribution >= 4 is 64.6 Å². The van der Waals surface area contributed by atoms with Crippen LogP contribution in [0.1, 0.15) is 88.1 Å². The molecule has 0 radical (unpaired) electrons. The zero-order chi connectivity index (χ0) is 40.8. The monoisotopic (exact) mass is 975 g/mol. The fraction of sp³-hybridized carbons (Fsp3) is 0.804. The van der Waals surface area contributed by atoms with Crippen molar-refractivity contribution in [3.63, 3.8) is 0 Å². The van der Waals surface area contributed by atoms with Crippen LogP contribution in [0.2, 0.25) is 187 Å². The molecule has 374 valence electrons. The van der Waals surface area contributed by atoms with Gasteiger partial charge in [-0.1, -0.05) is 305 Å². The SMILES string of the molecule is C.C.C.C.C.C.C.C.C.C.C=C(C[Si](C)(C)C)C[Si](C)(C)C.CC[Si](C)(C)C.CC[Si](C)(C)C.C[Si](C)(C)/C=C/[Si](C)(C)C.C[Si](C)(C)C[Si](C)(C)C.c1ccccc1. The van der Waals surface area contributed by atoms with E-state index in [1.54, 1.807) is 5.67 Å². The second-order valence-corrected chi connectivity index (χ2v) is 68.0. The van der Waals surface area contributed by atoms with E-state index in [1.807, 2.05) is 36.4 Å². The maximum Gasteiger partial charge on any atom is 0.0677 e. The molecule has 0 heterocycles. The first-order chi connectivity index (χ1) is 21.1. The summed E-state index contributed by atoms with van der Waals surface area (Å²) < 4.78 is 0. The first-order valence-corrected chi connectivity index (χ1v) is 48.9. The van der Waals surface area contributed by atoms with E-state index < -0.39 is 64.6 Å². The molecule has 1 rings (SSSR count). The quantitative estimate of drug-likeness (QED) is 0.162. The van der Waals surface area contributed by atoms with Gasteiger partial charge >= 0.3 is 0 Å². The molecule has 0 aromatic heterocycles. The summed E-state index contributed by atoms with van der Waals surface area (Å²) in [7, 11) is -6.34. The van der Waals surface area contributed by atoms with E-state index in [0.717, 1.165) is 0 Å². The Hall–Kier alpha value is 0.435. The van der Waals surface area contributed by atoms with Gasteiger partial charge in [-0.15, -0.1) is 18.0 Å². The third kappa shape index (κ3) is 148. The average molecular weight is 976 g/mol. The fourth-order valence-corrected chi connectivity index (χ4v) is 24.3. The minimum atomic E-state index is -0.913. The van der Waals surface area contributed by atoms with Crippen LogP contribution >= 0.6 is 0 Å². The van der Waals surface area contributed by atoms with Gasteiger partial charge in [0.2, 0.25) is 0 Å². The lowest BCUT2D eigenvalue weighted by atomic mass is 10.4. The van der Waals surface area contributed by atoms with Crippen molar-refractivity contribution in [1.82, 2.24) is 0 Å². The van der Waals surface area contributed by atoms with Crippen molar-refractivity contribution < 1.29 is 0 Å². The van der Waals surface area contributed by atoms with Crippen LogP contribution in [-0.4, -0.2) is 64.6 Å². The Kier molecular flexibility index (Phi) is 80.9. The summed E-state index contributed by atoms with van der Waals surface area (Å²) in [5, 5.41) is 0. The third-order valence-corrected chi connectivity index (χ3v) is 25.0. The molecule has 0 atom stereocenters. The molecule has 8 heteroatoms. The average Bonchev–Trinajstić information content (AvgIpc) is 2.79. The molecule has 0 aliphatic rings. The Balaban J connectivity index is -0.0000000298. The number of benzene rings is 1. The first kappa shape index (κ1) is 103. The standard InChI is InChI=1S/C10H24Si2.C8H20Si2.C7H20Si2.C6H6.2C5H14Si.10CH4/c1-10(8-11(2,3)4)9-12(5,6)7;1-9(2,3)7-8-10(4,5)6;1-8(2,3)7-9(4,5)6;1-2-4-6-5-3-1;2*1-5-6(2,3)4;;;;;;;;;;/h1,8-9H2,2-7H3;7-8H,1-6H3;7H2,1-6H3;1-6H;2*5H2,1-4H3;10*1H4/b;8-7+;;;;;;;;;;;;;;. The topological polar surface area (TPSA) is 0 Å². The molecular formula is C51H138Si8. The lowest BCUT2D eigenvalue weighted by Crippen LogP contribution is -2.34. The predicted molar refractivity (Wildman–Crippen MR) is 334 cm³/mol. The third-order valence-electron chi connectivity index (χ3n) is 6.49. The zero-order valence-corrected chi connectivity index (χ0v) is 47.4. The summed E-state index contributed by atoms with van der Waals surface area (Å²) in [6.07, 6.45) is 0. The van der Waals surface area contributed by atoms with E-state index in [2.05, 4.69) is 189 Å². The van der Waals surface area contributed by atoms with Gasteiger partial charge in [0.15, 0.2) is 0 Å². The van der Waals surface area contributed by atoms with Crippen molar-refractivity contribution in [2.45, 2.75) is 275 Å². The zero-order valence-electron chi connectivity index (χ0n) is 39.4. The van der Waals surface area contributed by atoms with Crippen LogP contribution in [0.4, 0.5) is 0 Å². The van der Waals surface area contributed by atoms with Gasteiger partial charge in [0.25, 0.3) is 0 Å². The molecule has 0 amide bonds. The maximum atomic E-state index is 4.19. The van der Waals surface area contributed by atoms with Crippen LogP contribution in [0, 0.1) is 0 Å². The molecule has 0 aliphatic carbocycles.